The smallest absolute Gasteiger partial charge is 0.267 e. The number of thioether (sulfide) groups is 1. The van der Waals surface area contributed by atoms with Crippen molar-refractivity contribution in [2.75, 3.05) is 19.2 Å². The fourth-order valence-electron chi connectivity index (χ4n) is 3.89. The monoisotopic (exact) mass is 414 g/mol. The minimum atomic E-state index is 0.0611. The van der Waals surface area contributed by atoms with Gasteiger partial charge in [-0.05, 0) is 49.8 Å². The van der Waals surface area contributed by atoms with E-state index in [0.717, 1.165) is 59.1 Å². The quantitative estimate of drug-likeness (QED) is 0.473. The maximum atomic E-state index is 13.6. The van der Waals surface area contributed by atoms with Crippen molar-refractivity contribution in [3.8, 4) is 5.69 Å². The second-order valence-electron chi connectivity index (χ2n) is 7.18. The van der Waals surface area contributed by atoms with Crippen LogP contribution in [0.5, 0.6) is 0 Å². The molecule has 1 aromatic carbocycles. The standard InChI is InChI=1S/C21H22N2O3S2/c24-20-18-16-8-4-5-9-17(16)28-19(18)22-21(23(20)14-6-2-1-3-7-14)27-12-15-10-11-25-13-26-15/h1-3,6-7,15H,4-5,8-13H2/t15-/m0/s1. The van der Waals surface area contributed by atoms with E-state index in [0.29, 0.717) is 6.79 Å². The van der Waals surface area contributed by atoms with Gasteiger partial charge in [0.25, 0.3) is 5.56 Å². The molecule has 0 radical (unpaired) electrons. The molecule has 1 saturated heterocycles. The molecular weight excluding hydrogens is 392 g/mol. The van der Waals surface area contributed by atoms with Gasteiger partial charge in [-0.1, -0.05) is 30.0 Å². The van der Waals surface area contributed by atoms with E-state index in [4.69, 9.17) is 14.5 Å². The summed E-state index contributed by atoms with van der Waals surface area (Å²) in [6.45, 7) is 1.07. The van der Waals surface area contributed by atoms with Crippen molar-refractivity contribution < 1.29 is 9.47 Å². The molecule has 3 aromatic rings. The molecule has 1 fully saturated rings. The lowest BCUT2D eigenvalue weighted by atomic mass is 9.97. The fraction of sp³-hybridized carbons (Fsp3) is 0.429. The Hall–Kier alpha value is -1.67. The van der Waals surface area contributed by atoms with Gasteiger partial charge in [0.2, 0.25) is 0 Å². The molecule has 3 heterocycles. The van der Waals surface area contributed by atoms with E-state index < -0.39 is 0 Å². The van der Waals surface area contributed by atoms with Gasteiger partial charge < -0.3 is 9.47 Å². The summed E-state index contributed by atoms with van der Waals surface area (Å²) < 4.78 is 12.7. The molecule has 2 aromatic heterocycles. The Bertz CT molecular complexity index is 1040. The maximum Gasteiger partial charge on any atom is 0.267 e. The molecule has 1 atom stereocenters. The molecule has 2 aliphatic rings. The highest BCUT2D eigenvalue weighted by Gasteiger charge is 2.24. The first kappa shape index (κ1) is 18.4. The van der Waals surface area contributed by atoms with E-state index in [1.165, 1.54) is 16.9 Å². The number of aromatic nitrogens is 2. The van der Waals surface area contributed by atoms with Crippen LogP contribution in [0.2, 0.25) is 0 Å². The van der Waals surface area contributed by atoms with Gasteiger partial charge in [0.05, 0.1) is 23.8 Å². The molecule has 28 heavy (non-hydrogen) atoms. The first-order chi connectivity index (χ1) is 13.8. The summed E-state index contributed by atoms with van der Waals surface area (Å²) in [6, 6.07) is 9.84. The van der Waals surface area contributed by atoms with E-state index in [2.05, 4.69) is 0 Å². The topological polar surface area (TPSA) is 53.4 Å². The largest absolute Gasteiger partial charge is 0.355 e. The predicted octanol–water partition coefficient (Wildman–Crippen LogP) is 4.18. The van der Waals surface area contributed by atoms with E-state index in [9.17, 15) is 4.79 Å². The van der Waals surface area contributed by atoms with Gasteiger partial charge in [0.1, 0.15) is 11.6 Å². The van der Waals surface area contributed by atoms with Gasteiger partial charge in [0, 0.05) is 10.6 Å². The maximum absolute atomic E-state index is 13.6. The molecule has 0 spiro atoms. The average molecular weight is 415 g/mol. The van der Waals surface area contributed by atoms with Gasteiger partial charge in [-0.25, -0.2) is 4.98 Å². The highest BCUT2D eigenvalue weighted by molar-refractivity contribution is 7.99. The lowest BCUT2D eigenvalue weighted by molar-refractivity contribution is -0.130. The Morgan fingerprint density at radius 3 is 2.89 bits per heavy atom. The minimum absolute atomic E-state index is 0.0611. The Morgan fingerprint density at radius 2 is 2.07 bits per heavy atom. The van der Waals surface area contributed by atoms with Gasteiger partial charge in [-0.2, -0.15) is 0 Å². The Labute approximate surface area is 171 Å². The molecule has 0 bridgehead atoms. The second-order valence-corrected chi connectivity index (χ2v) is 9.25. The summed E-state index contributed by atoms with van der Waals surface area (Å²) >= 11 is 3.31. The van der Waals surface area contributed by atoms with Gasteiger partial charge in [-0.3, -0.25) is 9.36 Å². The van der Waals surface area contributed by atoms with Crippen LogP contribution in [0.4, 0.5) is 0 Å². The third kappa shape index (κ3) is 3.41. The molecule has 146 valence electrons. The number of benzene rings is 1. The number of hydrogen-bond donors (Lipinski definition) is 0. The second kappa shape index (κ2) is 7.99. The lowest BCUT2D eigenvalue weighted by Gasteiger charge is -2.22. The zero-order valence-corrected chi connectivity index (χ0v) is 17.2. The van der Waals surface area contributed by atoms with Gasteiger partial charge in [-0.15, -0.1) is 11.3 Å². The first-order valence-electron chi connectivity index (χ1n) is 9.76. The van der Waals surface area contributed by atoms with Crippen LogP contribution in [-0.2, 0) is 22.3 Å². The van der Waals surface area contributed by atoms with Crippen LogP contribution in [0, 0.1) is 0 Å². The molecule has 0 N–H and O–H groups in total. The average Bonchev–Trinajstić information content (AvgIpc) is 3.12. The number of aryl methyl sites for hydroxylation is 2. The molecule has 5 rings (SSSR count). The van der Waals surface area contributed by atoms with Gasteiger partial charge >= 0.3 is 0 Å². The molecule has 0 saturated carbocycles. The normalized spacial score (nSPS) is 19.6. The molecule has 5 nitrogen and oxygen atoms in total. The predicted molar refractivity (Wildman–Crippen MR) is 113 cm³/mol. The highest BCUT2D eigenvalue weighted by Crippen LogP contribution is 2.35. The molecular formula is C21H22N2O3S2. The molecule has 1 aliphatic carbocycles. The first-order valence-corrected chi connectivity index (χ1v) is 11.6. The lowest BCUT2D eigenvalue weighted by Crippen LogP contribution is -2.27. The fourth-order valence-corrected chi connectivity index (χ4v) is 6.27. The molecule has 1 aliphatic heterocycles. The number of hydrogen-bond acceptors (Lipinski definition) is 6. The third-order valence-electron chi connectivity index (χ3n) is 5.34. The number of rotatable bonds is 4. The third-order valence-corrected chi connectivity index (χ3v) is 7.60. The number of fused-ring (bicyclic) bond motifs is 3. The number of ether oxygens (including phenoxy) is 2. The van der Waals surface area contributed by atoms with Crippen molar-refractivity contribution >= 4 is 33.3 Å². The van der Waals surface area contributed by atoms with E-state index in [-0.39, 0.29) is 11.7 Å². The van der Waals surface area contributed by atoms with Crippen molar-refractivity contribution in [3.05, 3.63) is 51.1 Å². The molecule has 7 heteroatoms. The van der Waals surface area contributed by atoms with Crippen LogP contribution in [0.1, 0.15) is 29.7 Å². The van der Waals surface area contributed by atoms with E-state index in [1.54, 1.807) is 27.7 Å². The molecule has 0 unspecified atom stereocenters. The van der Waals surface area contributed by atoms with Crippen molar-refractivity contribution in [1.29, 1.82) is 0 Å². The zero-order chi connectivity index (χ0) is 18.9. The highest BCUT2D eigenvalue weighted by atomic mass is 32.2. The van der Waals surface area contributed by atoms with E-state index >= 15 is 0 Å². The Balaban J connectivity index is 1.61. The minimum Gasteiger partial charge on any atom is -0.355 e. The van der Waals surface area contributed by atoms with Crippen LogP contribution in [0.3, 0.4) is 0 Å². The van der Waals surface area contributed by atoms with E-state index in [1.807, 2.05) is 30.3 Å². The van der Waals surface area contributed by atoms with Crippen LogP contribution in [0.25, 0.3) is 15.9 Å². The van der Waals surface area contributed by atoms with Crippen molar-refractivity contribution in [2.45, 2.75) is 43.4 Å². The zero-order valence-electron chi connectivity index (χ0n) is 15.6. The van der Waals surface area contributed by atoms with Crippen LogP contribution < -0.4 is 5.56 Å². The van der Waals surface area contributed by atoms with Crippen LogP contribution in [-0.4, -0.2) is 34.8 Å². The summed E-state index contributed by atoms with van der Waals surface area (Å²) in [6.07, 6.45) is 5.42. The number of thiophene rings is 1. The summed E-state index contributed by atoms with van der Waals surface area (Å²) in [5.74, 6) is 0.763. The number of nitrogens with zero attached hydrogens (tertiary/aromatic N) is 2. The van der Waals surface area contributed by atoms with Gasteiger partial charge in [0.15, 0.2) is 5.16 Å². The van der Waals surface area contributed by atoms with Crippen molar-refractivity contribution in [3.63, 3.8) is 0 Å². The SMILES string of the molecule is O=c1c2c3c(sc2nc(SC[C@@H]2CCOCO2)n1-c1ccccc1)CCCC3. The summed E-state index contributed by atoms with van der Waals surface area (Å²) in [5.41, 5.74) is 2.16. The van der Waals surface area contributed by atoms with Crippen molar-refractivity contribution in [2.24, 2.45) is 0 Å². The van der Waals surface area contributed by atoms with Crippen molar-refractivity contribution in [1.82, 2.24) is 9.55 Å². The van der Waals surface area contributed by atoms with Crippen LogP contribution in [0.15, 0.2) is 40.3 Å². The summed E-state index contributed by atoms with van der Waals surface area (Å²) in [5, 5.41) is 1.58. The molecule has 0 amide bonds. The summed E-state index contributed by atoms with van der Waals surface area (Å²) in [7, 11) is 0. The number of para-hydroxylation sites is 1. The van der Waals surface area contributed by atoms with Crippen LogP contribution >= 0.6 is 23.1 Å². The Morgan fingerprint density at radius 1 is 1.21 bits per heavy atom. The summed E-state index contributed by atoms with van der Waals surface area (Å²) in [4.78, 5) is 20.8. The Kier molecular flexibility index (Phi) is 5.24.